The second-order valence-corrected chi connectivity index (χ2v) is 9.16. The summed E-state index contributed by atoms with van der Waals surface area (Å²) in [4.78, 5) is 30.8. The van der Waals surface area contributed by atoms with Crippen LogP contribution in [0.2, 0.25) is 10.0 Å². The quantitative estimate of drug-likeness (QED) is 0.432. The lowest BCUT2D eigenvalue weighted by molar-refractivity contribution is -0.130. The Kier molecular flexibility index (Phi) is 5.37. The van der Waals surface area contributed by atoms with Gasteiger partial charge in [0.1, 0.15) is 16.8 Å². The lowest BCUT2D eigenvalue weighted by atomic mass is 9.84. The molecule has 0 radical (unpaired) electrons. The van der Waals surface area contributed by atoms with Crippen LogP contribution in [0.4, 0.5) is 15.8 Å². The van der Waals surface area contributed by atoms with Crippen LogP contribution in [-0.4, -0.2) is 45.4 Å². The highest BCUT2D eigenvalue weighted by molar-refractivity contribution is 6.37. The fourth-order valence-electron chi connectivity index (χ4n) is 4.57. The number of phenols is 1. The van der Waals surface area contributed by atoms with Crippen molar-refractivity contribution in [2.24, 2.45) is 0 Å². The Morgan fingerprint density at radius 2 is 1.97 bits per heavy atom. The van der Waals surface area contributed by atoms with Crippen molar-refractivity contribution < 1.29 is 19.1 Å². The van der Waals surface area contributed by atoms with Gasteiger partial charge in [-0.2, -0.15) is 0 Å². The van der Waals surface area contributed by atoms with Crippen LogP contribution in [0, 0.1) is 5.82 Å². The average molecular weight is 501 g/mol. The van der Waals surface area contributed by atoms with Crippen LogP contribution >= 0.6 is 23.2 Å². The molecule has 2 aliphatic rings. The number of rotatable bonds is 2. The van der Waals surface area contributed by atoms with E-state index in [1.54, 1.807) is 11.0 Å². The number of piperidine rings is 1. The summed E-state index contributed by atoms with van der Waals surface area (Å²) in [5.41, 5.74) is 0.246. The minimum Gasteiger partial charge on any atom is -0.508 e. The smallest absolute Gasteiger partial charge is 0.250 e. The second-order valence-electron chi connectivity index (χ2n) is 8.35. The first-order valence-electron chi connectivity index (χ1n) is 10.5. The van der Waals surface area contributed by atoms with Crippen LogP contribution in [0.5, 0.6) is 5.75 Å². The van der Waals surface area contributed by atoms with Crippen molar-refractivity contribution in [2.75, 3.05) is 23.7 Å². The van der Waals surface area contributed by atoms with Crippen molar-refractivity contribution in [3.63, 3.8) is 0 Å². The van der Waals surface area contributed by atoms with Gasteiger partial charge in [-0.3, -0.25) is 14.6 Å². The number of carbonyl (C=O) groups excluding carboxylic acids is 2. The third kappa shape index (κ3) is 3.45. The number of halogens is 3. The fourth-order valence-corrected chi connectivity index (χ4v) is 5.08. The second kappa shape index (κ2) is 8.14. The number of nitrogens with zero attached hydrogens (tertiary/aromatic N) is 2. The molecule has 0 saturated carbocycles. The molecule has 3 aromatic rings. The lowest BCUT2D eigenvalue weighted by Gasteiger charge is -2.44. The molecule has 0 unspecified atom stereocenters. The van der Waals surface area contributed by atoms with Gasteiger partial charge >= 0.3 is 0 Å². The summed E-state index contributed by atoms with van der Waals surface area (Å²) >= 11 is 12.8. The van der Waals surface area contributed by atoms with E-state index in [0.717, 1.165) is 0 Å². The molecule has 0 aliphatic carbocycles. The van der Waals surface area contributed by atoms with E-state index in [4.69, 9.17) is 23.2 Å². The van der Waals surface area contributed by atoms with Crippen LogP contribution in [-0.2, 0) is 9.59 Å². The molecule has 3 heterocycles. The van der Waals surface area contributed by atoms with Gasteiger partial charge in [-0.15, -0.1) is 0 Å². The van der Waals surface area contributed by atoms with Crippen molar-refractivity contribution in [3.05, 3.63) is 59.0 Å². The molecule has 7 nitrogen and oxygen atoms in total. The number of nitrogens with one attached hydrogen (secondary N) is 2. The highest BCUT2D eigenvalue weighted by Gasteiger charge is 2.45. The summed E-state index contributed by atoms with van der Waals surface area (Å²) in [6.07, 6.45) is 3.38. The van der Waals surface area contributed by atoms with Gasteiger partial charge in [0.25, 0.3) is 0 Å². The molecule has 1 saturated heterocycles. The summed E-state index contributed by atoms with van der Waals surface area (Å²) < 4.78 is 15.7. The maximum absolute atomic E-state index is 15.7. The fraction of sp³-hybridized carbons (Fsp3) is 0.208. The molecule has 10 heteroatoms. The third-order valence-corrected chi connectivity index (χ3v) is 7.05. The van der Waals surface area contributed by atoms with E-state index in [-0.39, 0.29) is 44.3 Å². The van der Waals surface area contributed by atoms with E-state index in [1.807, 2.05) is 0 Å². The van der Waals surface area contributed by atoms with Gasteiger partial charge in [-0.1, -0.05) is 29.8 Å². The molecular formula is C24H19Cl2FN4O3. The molecule has 3 N–H and O–H groups in total. The first-order chi connectivity index (χ1) is 16.2. The van der Waals surface area contributed by atoms with Crippen molar-refractivity contribution in [3.8, 4) is 16.9 Å². The van der Waals surface area contributed by atoms with Crippen LogP contribution in [0.3, 0.4) is 0 Å². The zero-order chi connectivity index (χ0) is 24.2. The van der Waals surface area contributed by atoms with Crippen molar-refractivity contribution in [1.82, 2.24) is 9.88 Å². The summed E-state index contributed by atoms with van der Waals surface area (Å²) in [5, 5.41) is 16.7. The Labute approximate surface area is 204 Å². The van der Waals surface area contributed by atoms with E-state index < -0.39 is 11.4 Å². The molecule has 1 aromatic heterocycles. The highest BCUT2D eigenvalue weighted by Crippen LogP contribution is 2.45. The Morgan fingerprint density at radius 3 is 2.68 bits per heavy atom. The molecule has 2 aromatic carbocycles. The number of pyridine rings is 1. The van der Waals surface area contributed by atoms with Gasteiger partial charge in [0.05, 0.1) is 22.6 Å². The number of amides is 2. The van der Waals surface area contributed by atoms with Gasteiger partial charge in [0.15, 0.2) is 5.82 Å². The molecule has 5 rings (SSSR count). The summed E-state index contributed by atoms with van der Waals surface area (Å²) in [6.45, 7) is 4.26. The summed E-state index contributed by atoms with van der Waals surface area (Å²) in [7, 11) is 0. The molecule has 1 spiro atoms. The summed E-state index contributed by atoms with van der Waals surface area (Å²) in [6, 6.07) is 5.75. The Hall–Kier alpha value is -3.36. The third-order valence-electron chi connectivity index (χ3n) is 6.42. The molecule has 34 heavy (non-hydrogen) atoms. The first-order valence-corrected chi connectivity index (χ1v) is 11.3. The minimum atomic E-state index is -0.963. The molecule has 2 aliphatic heterocycles. The molecule has 1 fully saturated rings. The largest absolute Gasteiger partial charge is 0.508 e. The number of carbonyl (C=O) groups is 2. The normalized spacial score (nSPS) is 16.7. The Balaban J connectivity index is 1.60. The van der Waals surface area contributed by atoms with E-state index >= 15 is 4.39 Å². The molecular weight excluding hydrogens is 482 g/mol. The van der Waals surface area contributed by atoms with E-state index in [2.05, 4.69) is 22.2 Å². The Bertz CT molecular complexity index is 1390. The Morgan fingerprint density at radius 1 is 1.24 bits per heavy atom. The zero-order valence-corrected chi connectivity index (χ0v) is 19.3. The maximum atomic E-state index is 15.7. The number of phenolic OH excluding ortho intramolecular Hbond substituents is 1. The van der Waals surface area contributed by atoms with Crippen LogP contribution in [0.15, 0.2) is 43.1 Å². The number of hydrogen-bond donors (Lipinski definition) is 3. The lowest BCUT2D eigenvalue weighted by Crippen LogP contribution is -2.59. The van der Waals surface area contributed by atoms with Crippen molar-refractivity contribution in [2.45, 2.75) is 18.4 Å². The predicted octanol–water partition coefficient (Wildman–Crippen LogP) is 4.96. The number of likely N-dealkylation sites (tertiary alicyclic amines) is 1. The number of fused-ring (bicyclic) bond motifs is 3. The maximum Gasteiger partial charge on any atom is 0.250 e. The van der Waals surface area contributed by atoms with E-state index in [1.165, 1.54) is 30.5 Å². The molecule has 0 bridgehead atoms. The minimum absolute atomic E-state index is 0.0216. The van der Waals surface area contributed by atoms with Crippen LogP contribution < -0.4 is 10.6 Å². The van der Waals surface area contributed by atoms with Crippen LogP contribution in [0.1, 0.15) is 12.8 Å². The number of benzene rings is 2. The molecule has 0 atom stereocenters. The van der Waals surface area contributed by atoms with Gasteiger partial charge in [0.2, 0.25) is 11.8 Å². The van der Waals surface area contributed by atoms with Crippen molar-refractivity contribution in [1.29, 1.82) is 0 Å². The van der Waals surface area contributed by atoms with Gasteiger partial charge in [0, 0.05) is 34.6 Å². The monoisotopic (exact) mass is 500 g/mol. The van der Waals surface area contributed by atoms with Gasteiger partial charge in [-0.25, -0.2) is 4.39 Å². The number of anilines is 2. The number of aromatic hydroxyl groups is 1. The average Bonchev–Trinajstić information content (AvgIpc) is 2.82. The topological polar surface area (TPSA) is 94.6 Å². The summed E-state index contributed by atoms with van der Waals surface area (Å²) in [5.74, 6) is -1.20. The molecule has 174 valence electrons. The van der Waals surface area contributed by atoms with Crippen molar-refractivity contribution >= 4 is 57.3 Å². The van der Waals surface area contributed by atoms with E-state index in [9.17, 15) is 14.7 Å². The van der Waals surface area contributed by atoms with Crippen LogP contribution in [0.25, 0.3) is 22.0 Å². The van der Waals surface area contributed by atoms with E-state index in [0.29, 0.717) is 42.7 Å². The zero-order valence-electron chi connectivity index (χ0n) is 17.8. The SMILES string of the molecule is C=CC(=O)N1CCC2(CC1)Nc1c(cnc3c(F)c(-c4cc(O)ccc4Cl)c(Cl)cc13)NC2=O. The predicted molar refractivity (Wildman–Crippen MR) is 130 cm³/mol. The molecule has 2 amide bonds. The number of aromatic nitrogens is 1. The van der Waals surface area contributed by atoms with Gasteiger partial charge < -0.3 is 20.6 Å². The van der Waals surface area contributed by atoms with Gasteiger partial charge in [-0.05, 0) is 43.2 Å². The standard InChI is InChI=1S/C24H19Cl2FN4O3/c1-2-18(33)31-7-5-24(6-8-31)23(34)29-17-11-28-22-14(21(17)30-24)10-16(26)19(20(22)27)13-9-12(32)3-4-15(13)25/h2-4,9-11,30,32H,1,5-8H2,(H,29,34). The number of hydrogen-bond acceptors (Lipinski definition) is 5. The first kappa shape index (κ1) is 22.4. The highest BCUT2D eigenvalue weighted by atomic mass is 35.5.